The number of piperazine rings is 1. The lowest BCUT2D eigenvalue weighted by Gasteiger charge is -2.36. The van der Waals surface area contributed by atoms with Gasteiger partial charge in [0.05, 0.1) is 11.7 Å². The van der Waals surface area contributed by atoms with Crippen LogP contribution >= 0.6 is 0 Å². The Labute approximate surface area is 201 Å². The minimum absolute atomic E-state index is 0.275. The van der Waals surface area contributed by atoms with E-state index in [2.05, 4.69) is 22.1 Å². The first-order chi connectivity index (χ1) is 16.6. The van der Waals surface area contributed by atoms with E-state index in [9.17, 15) is 27.9 Å². The van der Waals surface area contributed by atoms with Gasteiger partial charge >= 0.3 is 12.2 Å². The fraction of sp³-hybridized carbons (Fsp3) is 0.360. The Morgan fingerprint density at radius 2 is 1.66 bits per heavy atom. The Hall–Kier alpha value is -3.55. The second kappa shape index (κ2) is 11.3. The highest BCUT2D eigenvalue weighted by Crippen LogP contribution is 2.29. The van der Waals surface area contributed by atoms with Crippen LogP contribution < -0.4 is 10.2 Å². The molecule has 0 saturated carbocycles. The quantitative estimate of drug-likeness (QED) is 0.561. The topological polar surface area (TPSA) is 93.1 Å². The van der Waals surface area contributed by atoms with Crippen LogP contribution in [0.15, 0.2) is 48.5 Å². The normalized spacial score (nSPS) is 15.6. The van der Waals surface area contributed by atoms with Crippen molar-refractivity contribution in [2.45, 2.75) is 25.2 Å². The number of alkyl halides is 3. The number of urea groups is 1. The van der Waals surface area contributed by atoms with Gasteiger partial charge in [0.2, 0.25) is 0 Å². The molecule has 2 aromatic carbocycles. The molecule has 2 amide bonds. The van der Waals surface area contributed by atoms with Crippen LogP contribution in [0.4, 0.5) is 23.7 Å². The molecule has 10 heteroatoms. The van der Waals surface area contributed by atoms with Crippen molar-refractivity contribution in [3.8, 4) is 11.8 Å². The van der Waals surface area contributed by atoms with Gasteiger partial charge in [-0.05, 0) is 49.4 Å². The summed E-state index contributed by atoms with van der Waals surface area (Å²) in [6.45, 7) is 2.45. The molecule has 3 N–H and O–H groups in total. The summed E-state index contributed by atoms with van der Waals surface area (Å²) in [5.41, 5.74) is 1.10. The van der Waals surface area contributed by atoms with Crippen molar-refractivity contribution in [1.82, 2.24) is 10.2 Å². The maximum absolute atomic E-state index is 12.8. The van der Waals surface area contributed by atoms with E-state index in [1.165, 1.54) is 24.0 Å². The SMILES string of the molecule is C[C@H](O)[C@@H](NC(=O)N1CCN(c2ccc(C#Cc3cccc(C(F)(F)F)c3)cc2)CC1)C(=O)CO. The van der Waals surface area contributed by atoms with E-state index < -0.39 is 42.3 Å². The highest BCUT2D eigenvalue weighted by Gasteiger charge is 2.30. The minimum Gasteiger partial charge on any atom is -0.391 e. The number of carbonyl (C=O) groups is 2. The maximum Gasteiger partial charge on any atom is 0.416 e. The van der Waals surface area contributed by atoms with Crippen LogP contribution in [0, 0.1) is 11.8 Å². The molecular formula is C25H26F3N3O4. The number of aliphatic hydroxyl groups excluding tert-OH is 2. The van der Waals surface area contributed by atoms with E-state index in [-0.39, 0.29) is 5.56 Å². The van der Waals surface area contributed by atoms with Crippen LogP contribution in [0.5, 0.6) is 0 Å². The summed E-state index contributed by atoms with van der Waals surface area (Å²) >= 11 is 0. The summed E-state index contributed by atoms with van der Waals surface area (Å²) in [4.78, 5) is 27.8. The Kier molecular flexibility index (Phi) is 8.38. The number of carbonyl (C=O) groups excluding carboxylic acids is 2. The van der Waals surface area contributed by atoms with Crippen LogP contribution in [0.2, 0.25) is 0 Å². The van der Waals surface area contributed by atoms with Gasteiger partial charge in [-0.2, -0.15) is 13.2 Å². The first-order valence-corrected chi connectivity index (χ1v) is 11.0. The van der Waals surface area contributed by atoms with Crippen molar-refractivity contribution < 1.29 is 33.0 Å². The molecule has 1 aliphatic heterocycles. The standard InChI is InChI=1S/C25H26F3N3O4/c1-17(33)23(22(34)16-32)29-24(35)31-13-11-30(12-14-31)21-9-7-18(8-10-21)5-6-19-3-2-4-20(15-19)25(26,27)28/h2-4,7-10,15,17,23,32-33H,11-14,16H2,1H3,(H,29,35)/t17-,23+/m0/s1. The van der Waals surface area contributed by atoms with Crippen LogP contribution in [0.3, 0.4) is 0 Å². The molecule has 3 rings (SSSR count). The molecule has 0 spiro atoms. The molecule has 2 atom stereocenters. The molecule has 0 aromatic heterocycles. The van der Waals surface area contributed by atoms with Gasteiger partial charge in [0.15, 0.2) is 5.78 Å². The van der Waals surface area contributed by atoms with Crippen molar-refractivity contribution in [3.05, 3.63) is 65.2 Å². The predicted molar refractivity (Wildman–Crippen MR) is 124 cm³/mol. The van der Waals surface area contributed by atoms with Crippen LogP contribution in [0.1, 0.15) is 23.6 Å². The minimum atomic E-state index is -4.42. The number of ketones is 1. The summed E-state index contributed by atoms with van der Waals surface area (Å²) in [6, 6.07) is 10.5. The molecular weight excluding hydrogens is 463 g/mol. The summed E-state index contributed by atoms with van der Waals surface area (Å²) in [5, 5.41) is 21.2. The monoisotopic (exact) mass is 489 g/mol. The molecule has 0 unspecified atom stereocenters. The largest absolute Gasteiger partial charge is 0.416 e. The third kappa shape index (κ3) is 6.97. The van der Waals surface area contributed by atoms with Crippen molar-refractivity contribution >= 4 is 17.5 Å². The van der Waals surface area contributed by atoms with E-state index in [1.54, 1.807) is 12.1 Å². The Bertz CT molecular complexity index is 1100. The summed E-state index contributed by atoms with van der Waals surface area (Å²) in [6.07, 6.45) is -5.55. The highest BCUT2D eigenvalue weighted by molar-refractivity contribution is 5.89. The molecule has 0 aliphatic carbocycles. The number of anilines is 1. The Morgan fingerprint density at radius 1 is 1.03 bits per heavy atom. The number of nitrogens with zero attached hydrogens (tertiary/aromatic N) is 2. The molecule has 1 aliphatic rings. The van der Waals surface area contributed by atoms with Crippen LogP contribution in [0.25, 0.3) is 0 Å². The van der Waals surface area contributed by atoms with Gasteiger partial charge in [-0.1, -0.05) is 17.9 Å². The van der Waals surface area contributed by atoms with Crippen molar-refractivity contribution in [3.63, 3.8) is 0 Å². The third-order valence-corrected chi connectivity index (χ3v) is 5.60. The number of hydrogen-bond acceptors (Lipinski definition) is 5. The molecule has 2 aromatic rings. The lowest BCUT2D eigenvalue weighted by Crippen LogP contribution is -2.57. The van der Waals surface area contributed by atoms with Crippen LogP contribution in [-0.4, -0.2) is 71.9 Å². The van der Waals surface area contributed by atoms with Gasteiger partial charge in [0.25, 0.3) is 0 Å². The number of amides is 2. The molecule has 1 heterocycles. The fourth-order valence-corrected chi connectivity index (χ4v) is 3.63. The van der Waals surface area contributed by atoms with Gasteiger partial charge < -0.3 is 25.3 Å². The zero-order valence-electron chi connectivity index (χ0n) is 19.0. The fourth-order valence-electron chi connectivity index (χ4n) is 3.63. The maximum atomic E-state index is 12.8. The van der Waals surface area contributed by atoms with E-state index in [4.69, 9.17) is 5.11 Å². The van der Waals surface area contributed by atoms with Crippen molar-refractivity contribution in [2.75, 3.05) is 37.7 Å². The lowest BCUT2D eigenvalue weighted by molar-refractivity contribution is -0.137. The summed E-state index contributed by atoms with van der Waals surface area (Å²) < 4.78 is 38.5. The Morgan fingerprint density at radius 3 is 2.23 bits per heavy atom. The molecule has 186 valence electrons. The smallest absolute Gasteiger partial charge is 0.391 e. The number of nitrogens with one attached hydrogen (secondary N) is 1. The molecule has 0 bridgehead atoms. The van der Waals surface area contributed by atoms with Crippen molar-refractivity contribution in [2.24, 2.45) is 0 Å². The zero-order chi connectivity index (χ0) is 25.6. The van der Waals surface area contributed by atoms with Gasteiger partial charge in [0.1, 0.15) is 12.6 Å². The van der Waals surface area contributed by atoms with Gasteiger partial charge in [-0.25, -0.2) is 4.79 Å². The van der Waals surface area contributed by atoms with E-state index in [0.717, 1.165) is 17.8 Å². The molecule has 7 nitrogen and oxygen atoms in total. The average molecular weight is 489 g/mol. The number of rotatable bonds is 5. The third-order valence-electron chi connectivity index (χ3n) is 5.60. The van der Waals surface area contributed by atoms with Gasteiger partial charge in [-0.15, -0.1) is 0 Å². The molecule has 0 radical (unpaired) electrons. The van der Waals surface area contributed by atoms with E-state index in [0.29, 0.717) is 31.7 Å². The van der Waals surface area contributed by atoms with Crippen molar-refractivity contribution in [1.29, 1.82) is 0 Å². The number of aliphatic hydroxyl groups is 2. The first-order valence-electron chi connectivity index (χ1n) is 11.0. The lowest BCUT2D eigenvalue weighted by atomic mass is 10.1. The van der Waals surface area contributed by atoms with Crippen LogP contribution in [-0.2, 0) is 11.0 Å². The average Bonchev–Trinajstić information content (AvgIpc) is 2.85. The number of Topliss-reactive ketones (excluding diaryl/α,β-unsaturated/α-hetero) is 1. The molecule has 1 fully saturated rings. The van der Waals surface area contributed by atoms with Gasteiger partial charge in [-0.3, -0.25) is 4.79 Å². The number of halogens is 3. The second-order valence-electron chi connectivity index (χ2n) is 8.14. The first kappa shape index (κ1) is 26.1. The van der Waals surface area contributed by atoms with E-state index >= 15 is 0 Å². The summed E-state index contributed by atoms with van der Waals surface area (Å²) in [5.74, 6) is 4.96. The predicted octanol–water partition coefficient (Wildman–Crippen LogP) is 2.25. The van der Waals surface area contributed by atoms with E-state index in [1.807, 2.05) is 12.1 Å². The second-order valence-corrected chi connectivity index (χ2v) is 8.14. The highest BCUT2D eigenvalue weighted by atomic mass is 19.4. The number of benzene rings is 2. The molecule has 35 heavy (non-hydrogen) atoms. The van der Waals surface area contributed by atoms with Gasteiger partial charge in [0, 0.05) is 43.0 Å². The summed E-state index contributed by atoms with van der Waals surface area (Å²) in [7, 11) is 0. The zero-order valence-corrected chi connectivity index (χ0v) is 19.0. The Balaban J connectivity index is 1.57. The number of hydrogen-bond donors (Lipinski definition) is 3. The molecule has 1 saturated heterocycles.